The smallest absolute Gasteiger partial charge is 0.323 e. The number of amides is 2. The Hall–Kier alpha value is -1.26. The largest absolute Gasteiger partial charge is 0.480 e. The Balaban J connectivity index is 1.90. The van der Waals surface area contributed by atoms with Crippen molar-refractivity contribution in [3.63, 3.8) is 0 Å². The van der Waals surface area contributed by atoms with Crippen molar-refractivity contribution in [2.75, 3.05) is 26.2 Å². The van der Waals surface area contributed by atoms with Crippen molar-refractivity contribution in [2.45, 2.75) is 46.5 Å². The van der Waals surface area contributed by atoms with Gasteiger partial charge in [-0.1, -0.05) is 20.8 Å². The average molecular weight is 296 g/mol. The standard InChI is InChI=1S/C16H28N2O3/c1-16(2,3)13-6-8-17(9-7-13)15(21)18(11-14(19)20)10-12-4-5-12/h12-13H,4-11H2,1-3H3,(H,19,20). The third-order valence-corrected chi connectivity index (χ3v) is 4.76. The molecule has 5 heteroatoms. The molecule has 120 valence electrons. The zero-order chi connectivity index (χ0) is 15.6. The number of carboxylic acid groups (broad SMARTS) is 1. The van der Waals surface area contributed by atoms with Gasteiger partial charge in [0.15, 0.2) is 0 Å². The van der Waals surface area contributed by atoms with Crippen LogP contribution in [-0.2, 0) is 4.79 Å². The first-order valence-corrected chi connectivity index (χ1v) is 8.03. The summed E-state index contributed by atoms with van der Waals surface area (Å²) in [6.07, 6.45) is 4.27. The molecule has 2 fully saturated rings. The van der Waals surface area contributed by atoms with Crippen molar-refractivity contribution < 1.29 is 14.7 Å². The van der Waals surface area contributed by atoms with Gasteiger partial charge >= 0.3 is 12.0 Å². The molecule has 21 heavy (non-hydrogen) atoms. The maximum Gasteiger partial charge on any atom is 0.323 e. The molecule has 0 bridgehead atoms. The molecule has 1 saturated heterocycles. The fourth-order valence-corrected chi connectivity index (χ4v) is 3.12. The number of carbonyl (C=O) groups is 2. The number of piperidine rings is 1. The summed E-state index contributed by atoms with van der Waals surface area (Å²) in [7, 11) is 0. The molecule has 1 saturated carbocycles. The second kappa shape index (κ2) is 6.24. The molecule has 1 N–H and O–H groups in total. The molecule has 0 spiro atoms. The summed E-state index contributed by atoms with van der Waals surface area (Å²) in [4.78, 5) is 26.9. The Labute approximate surface area is 127 Å². The van der Waals surface area contributed by atoms with Crippen LogP contribution in [0.2, 0.25) is 0 Å². The number of hydrogen-bond donors (Lipinski definition) is 1. The number of nitrogens with zero attached hydrogens (tertiary/aromatic N) is 2. The molecule has 0 aromatic carbocycles. The zero-order valence-corrected chi connectivity index (χ0v) is 13.5. The first-order valence-electron chi connectivity index (χ1n) is 8.03. The van der Waals surface area contributed by atoms with Crippen molar-refractivity contribution in [1.82, 2.24) is 9.80 Å². The van der Waals surface area contributed by atoms with Crippen LogP contribution in [-0.4, -0.2) is 53.1 Å². The molecule has 0 aromatic rings. The Kier molecular flexibility index (Phi) is 4.79. The topological polar surface area (TPSA) is 60.9 Å². The lowest BCUT2D eigenvalue weighted by molar-refractivity contribution is -0.137. The van der Waals surface area contributed by atoms with Crippen molar-refractivity contribution in [2.24, 2.45) is 17.3 Å². The Morgan fingerprint density at radius 3 is 2.14 bits per heavy atom. The molecule has 2 amide bonds. The van der Waals surface area contributed by atoms with E-state index in [0.29, 0.717) is 18.4 Å². The van der Waals surface area contributed by atoms with Crippen LogP contribution in [0.5, 0.6) is 0 Å². The van der Waals surface area contributed by atoms with Gasteiger partial charge in [0.2, 0.25) is 0 Å². The van der Waals surface area contributed by atoms with Crippen LogP contribution in [0.1, 0.15) is 46.5 Å². The van der Waals surface area contributed by atoms with Gasteiger partial charge in [0.05, 0.1) is 0 Å². The summed E-state index contributed by atoms with van der Waals surface area (Å²) in [6, 6.07) is -0.0864. The van der Waals surface area contributed by atoms with E-state index in [1.165, 1.54) is 4.90 Å². The van der Waals surface area contributed by atoms with E-state index in [9.17, 15) is 9.59 Å². The predicted octanol–water partition coefficient (Wildman–Crippen LogP) is 2.66. The van der Waals surface area contributed by atoms with Crippen LogP contribution in [0.3, 0.4) is 0 Å². The lowest BCUT2D eigenvalue weighted by Gasteiger charge is -2.40. The highest BCUT2D eigenvalue weighted by atomic mass is 16.4. The monoisotopic (exact) mass is 296 g/mol. The first-order chi connectivity index (χ1) is 9.77. The van der Waals surface area contributed by atoms with Crippen LogP contribution in [0.15, 0.2) is 0 Å². The Bertz CT molecular complexity index is 391. The van der Waals surface area contributed by atoms with Crippen LogP contribution < -0.4 is 0 Å². The van der Waals surface area contributed by atoms with E-state index in [0.717, 1.165) is 38.8 Å². The fraction of sp³-hybridized carbons (Fsp3) is 0.875. The lowest BCUT2D eigenvalue weighted by atomic mass is 9.75. The molecule has 0 unspecified atom stereocenters. The van der Waals surface area contributed by atoms with E-state index in [4.69, 9.17) is 5.11 Å². The summed E-state index contributed by atoms with van der Waals surface area (Å²) in [5.41, 5.74) is 0.282. The highest BCUT2D eigenvalue weighted by molar-refractivity contribution is 5.80. The minimum atomic E-state index is -0.923. The van der Waals surface area contributed by atoms with E-state index >= 15 is 0 Å². The second-order valence-electron chi connectivity index (χ2n) is 7.63. The summed E-state index contributed by atoms with van der Waals surface area (Å²) in [5, 5.41) is 9.00. The molecule has 0 aromatic heterocycles. The highest BCUT2D eigenvalue weighted by Gasteiger charge is 2.34. The molecule has 0 atom stereocenters. The summed E-state index contributed by atoms with van der Waals surface area (Å²) < 4.78 is 0. The van der Waals surface area contributed by atoms with Gasteiger partial charge in [-0.05, 0) is 42.9 Å². The number of carbonyl (C=O) groups excluding carboxylic acids is 1. The average Bonchev–Trinajstić information content (AvgIpc) is 3.20. The zero-order valence-electron chi connectivity index (χ0n) is 13.5. The van der Waals surface area contributed by atoms with Crippen LogP contribution in [0.25, 0.3) is 0 Å². The molecule has 0 radical (unpaired) electrons. The van der Waals surface area contributed by atoms with Gasteiger partial charge < -0.3 is 14.9 Å². The van der Waals surface area contributed by atoms with Crippen molar-refractivity contribution in [3.05, 3.63) is 0 Å². The Morgan fingerprint density at radius 2 is 1.71 bits per heavy atom. The maximum absolute atomic E-state index is 12.5. The molecular formula is C16H28N2O3. The fourth-order valence-electron chi connectivity index (χ4n) is 3.12. The molecule has 1 aliphatic carbocycles. The van der Waals surface area contributed by atoms with Gasteiger partial charge in [-0.3, -0.25) is 4.79 Å². The lowest BCUT2D eigenvalue weighted by Crippen LogP contribution is -2.49. The van der Waals surface area contributed by atoms with Gasteiger partial charge in [0, 0.05) is 19.6 Å². The summed E-state index contributed by atoms with van der Waals surface area (Å²) in [5.74, 6) is 0.229. The quantitative estimate of drug-likeness (QED) is 0.867. The van der Waals surface area contributed by atoms with Crippen LogP contribution in [0.4, 0.5) is 4.79 Å². The van der Waals surface area contributed by atoms with Gasteiger partial charge in [0.1, 0.15) is 6.54 Å². The number of likely N-dealkylation sites (tertiary alicyclic amines) is 1. The first kappa shape index (κ1) is 16.1. The van der Waals surface area contributed by atoms with Gasteiger partial charge in [0.25, 0.3) is 0 Å². The molecule has 2 rings (SSSR count). The molecular weight excluding hydrogens is 268 g/mol. The van der Waals surface area contributed by atoms with Crippen molar-refractivity contribution in [1.29, 1.82) is 0 Å². The number of aliphatic carboxylic acids is 1. The number of carboxylic acids is 1. The molecule has 5 nitrogen and oxygen atoms in total. The number of urea groups is 1. The molecule has 2 aliphatic rings. The normalized spacial score (nSPS) is 20.4. The van der Waals surface area contributed by atoms with E-state index < -0.39 is 5.97 Å². The SMILES string of the molecule is CC(C)(C)C1CCN(C(=O)N(CC(=O)O)CC2CC2)CC1. The van der Waals surface area contributed by atoms with Gasteiger partial charge in [-0.15, -0.1) is 0 Å². The summed E-state index contributed by atoms with van der Waals surface area (Å²) in [6.45, 7) is 8.68. The third-order valence-electron chi connectivity index (χ3n) is 4.76. The minimum absolute atomic E-state index is 0.0864. The minimum Gasteiger partial charge on any atom is -0.480 e. The van der Waals surface area contributed by atoms with Crippen molar-refractivity contribution in [3.8, 4) is 0 Å². The third kappa shape index (κ3) is 4.61. The maximum atomic E-state index is 12.5. The Morgan fingerprint density at radius 1 is 1.14 bits per heavy atom. The van der Waals surface area contributed by atoms with Gasteiger partial charge in [-0.2, -0.15) is 0 Å². The van der Waals surface area contributed by atoms with E-state index in [-0.39, 0.29) is 18.0 Å². The highest BCUT2D eigenvalue weighted by Crippen LogP contribution is 2.35. The van der Waals surface area contributed by atoms with E-state index in [1.54, 1.807) is 0 Å². The second-order valence-corrected chi connectivity index (χ2v) is 7.63. The molecule has 1 aliphatic heterocycles. The van der Waals surface area contributed by atoms with Crippen LogP contribution >= 0.6 is 0 Å². The number of rotatable bonds is 4. The summed E-state index contributed by atoms with van der Waals surface area (Å²) >= 11 is 0. The van der Waals surface area contributed by atoms with Crippen molar-refractivity contribution >= 4 is 12.0 Å². The van der Waals surface area contributed by atoms with Gasteiger partial charge in [-0.25, -0.2) is 4.79 Å². The molecule has 1 heterocycles. The van der Waals surface area contributed by atoms with E-state index in [1.807, 2.05) is 4.90 Å². The predicted molar refractivity (Wildman–Crippen MR) is 81.1 cm³/mol. The van der Waals surface area contributed by atoms with E-state index in [2.05, 4.69) is 20.8 Å². The number of hydrogen-bond acceptors (Lipinski definition) is 2. The van der Waals surface area contributed by atoms with Crippen LogP contribution in [0, 0.1) is 17.3 Å².